The Morgan fingerprint density at radius 3 is 1.55 bits per heavy atom. The molecule has 0 aromatic heterocycles. The predicted octanol–water partition coefficient (Wildman–Crippen LogP) is 6.18. The molecule has 0 amide bonds. The van der Waals surface area contributed by atoms with Crippen LogP contribution >= 0.6 is 0 Å². The van der Waals surface area contributed by atoms with Crippen molar-refractivity contribution in [1.29, 1.82) is 0 Å². The van der Waals surface area contributed by atoms with Gasteiger partial charge in [-0.1, -0.05) is 89.0 Å². The van der Waals surface area contributed by atoms with E-state index in [4.69, 9.17) is 5.11 Å². The maximum atomic E-state index is 8.63. The molecule has 0 saturated carbocycles. The van der Waals surface area contributed by atoms with Gasteiger partial charge in [-0.15, -0.1) is 0 Å². The summed E-state index contributed by atoms with van der Waals surface area (Å²) in [6, 6.07) is 0. The minimum atomic E-state index is 0.298. The highest BCUT2D eigenvalue weighted by molar-refractivity contribution is 5.02. The van der Waals surface area contributed by atoms with Gasteiger partial charge in [0.25, 0.3) is 0 Å². The van der Waals surface area contributed by atoms with E-state index in [9.17, 15) is 0 Å². The summed E-state index contributed by atoms with van der Waals surface area (Å²) >= 11 is 0. The molecule has 0 saturated heterocycles. The zero-order valence-corrected chi connectivity index (χ0v) is 13.7. The maximum Gasteiger partial charge on any atom is 0.0433 e. The molecule has 20 heavy (non-hydrogen) atoms. The fourth-order valence-corrected chi connectivity index (χ4v) is 2.31. The van der Waals surface area contributed by atoms with Crippen molar-refractivity contribution in [1.82, 2.24) is 0 Å². The molecule has 0 spiro atoms. The normalized spacial score (nSPS) is 11.9. The molecule has 0 aliphatic rings. The van der Waals surface area contributed by atoms with Crippen LogP contribution < -0.4 is 0 Å². The van der Waals surface area contributed by atoms with Gasteiger partial charge in [0.1, 0.15) is 0 Å². The van der Waals surface area contributed by atoms with Crippen molar-refractivity contribution >= 4 is 0 Å². The van der Waals surface area contributed by atoms with E-state index in [1.54, 1.807) is 0 Å². The summed E-state index contributed by atoms with van der Waals surface area (Å²) in [7, 11) is 0. The first-order valence-electron chi connectivity index (χ1n) is 8.84. The minimum absolute atomic E-state index is 0.298. The second-order valence-corrected chi connectivity index (χ2v) is 5.69. The molecule has 1 heteroatoms. The van der Waals surface area contributed by atoms with Gasteiger partial charge in [-0.25, -0.2) is 0 Å². The van der Waals surface area contributed by atoms with E-state index in [0.717, 1.165) is 12.8 Å². The van der Waals surface area contributed by atoms with Crippen LogP contribution in [0.2, 0.25) is 0 Å². The average molecular weight is 280 g/mol. The quantitative estimate of drug-likeness (QED) is 0.280. The average Bonchev–Trinajstić information content (AvgIpc) is 2.47. The summed E-state index contributed by atoms with van der Waals surface area (Å²) in [6.07, 6.45) is 25.8. The number of hydrogen-bond donors (Lipinski definition) is 1. The molecule has 118 valence electrons. The topological polar surface area (TPSA) is 20.2 Å². The molecule has 0 heterocycles. The molecule has 0 aliphatic carbocycles. The summed E-state index contributed by atoms with van der Waals surface area (Å²) in [4.78, 5) is 0. The van der Waals surface area contributed by atoms with Crippen LogP contribution in [0.1, 0.15) is 90.4 Å². The molecule has 0 atom stereocenters. The standard InChI is InChI=1S/C19H36O/c1-2-3-4-5-6-7-8-9-10-11-12-13-14-15-16-17-18-19-20/h13-16,20H,2-12,17-19H2,1H3/b14-13+,16-15+. The second-order valence-electron chi connectivity index (χ2n) is 5.69. The van der Waals surface area contributed by atoms with Gasteiger partial charge in [0.2, 0.25) is 0 Å². The van der Waals surface area contributed by atoms with Crippen molar-refractivity contribution in [2.75, 3.05) is 6.61 Å². The molecule has 0 bridgehead atoms. The van der Waals surface area contributed by atoms with E-state index in [1.165, 1.54) is 70.6 Å². The Morgan fingerprint density at radius 2 is 1.05 bits per heavy atom. The van der Waals surface area contributed by atoms with Crippen molar-refractivity contribution in [2.24, 2.45) is 0 Å². The molecule has 0 radical (unpaired) electrons. The first-order valence-corrected chi connectivity index (χ1v) is 8.84. The maximum absolute atomic E-state index is 8.63. The fraction of sp³-hybridized carbons (Fsp3) is 0.789. The zero-order chi connectivity index (χ0) is 14.7. The van der Waals surface area contributed by atoms with E-state index in [-0.39, 0.29) is 0 Å². The molecule has 0 unspecified atom stereocenters. The van der Waals surface area contributed by atoms with Crippen LogP contribution in [0, 0.1) is 0 Å². The van der Waals surface area contributed by atoms with E-state index in [1.807, 2.05) is 0 Å². The van der Waals surface area contributed by atoms with Crippen LogP contribution in [-0.4, -0.2) is 11.7 Å². The lowest BCUT2D eigenvalue weighted by atomic mass is 10.1. The van der Waals surface area contributed by atoms with E-state index >= 15 is 0 Å². The Hall–Kier alpha value is -0.560. The van der Waals surface area contributed by atoms with Gasteiger partial charge < -0.3 is 5.11 Å². The van der Waals surface area contributed by atoms with Crippen molar-refractivity contribution in [3.8, 4) is 0 Å². The van der Waals surface area contributed by atoms with Crippen molar-refractivity contribution < 1.29 is 5.11 Å². The SMILES string of the molecule is CCCCCCCCCCCC/C=C/C=C/CCCO. The lowest BCUT2D eigenvalue weighted by Gasteiger charge is -2.01. The number of hydrogen-bond acceptors (Lipinski definition) is 1. The van der Waals surface area contributed by atoms with Gasteiger partial charge >= 0.3 is 0 Å². The number of unbranched alkanes of at least 4 members (excludes halogenated alkanes) is 11. The Kier molecular flexibility index (Phi) is 17.9. The lowest BCUT2D eigenvalue weighted by Crippen LogP contribution is -1.81. The lowest BCUT2D eigenvalue weighted by molar-refractivity contribution is 0.289. The minimum Gasteiger partial charge on any atom is -0.396 e. The largest absolute Gasteiger partial charge is 0.396 e. The predicted molar refractivity (Wildman–Crippen MR) is 91.1 cm³/mol. The third-order valence-electron chi connectivity index (χ3n) is 3.64. The highest BCUT2D eigenvalue weighted by atomic mass is 16.2. The summed E-state index contributed by atoms with van der Waals surface area (Å²) in [5.74, 6) is 0. The summed E-state index contributed by atoms with van der Waals surface area (Å²) in [6.45, 7) is 2.58. The monoisotopic (exact) mass is 280 g/mol. The number of aliphatic hydroxyl groups excluding tert-OH is 1. The Bertz CT molecular complexity index is 218. The van der Waals surface area contributed by atoms with Gasteiger partial charge in [-0.3, -0.25) is 0 Å². The van der Waals surface area contributed by atoms with Gasteiger partial charge in [0.15, 0.2) is 0 Å². The van der Waals surface area contributed by atoms with Crippen molar-refractivity contribution in [3.63, 3.8) is 0 Å². The summed E-state index contributed by atoms with van der Waals surface area (Å²) in [5.41, 5.74) is 0. The van der Waals surface area contributed by atoms with E-state index < -0.39 is 0 Å². The third kappa shape index (κ3) is 17.4. The third-order valence-corrected chi connectivity index (χ3v) is 3.64. The molecule has 1 nitrogen and oxygen atoms in total. The van der Waals surface area contributed by atoms with Crippen molar-refractivity contribution in [2.45, 2.75) is 90.4 Å². The molecule has 0 aromatic carbocycles. The Morgan fingerprint density at radius 1 is 0.600 bits per heavy atom. The highest BCUT2D eigenvalue weighted by Crippen LogP contribution is 2.11. The molecule has 0 fully saturated rings. The van der Waals surface area contributed by atoms with Crippen LogP contribution in [0.4, 0.5) is 0 Å². The number of allylic oxidation sites excluding steroid dienone is 4. The molecule has 0 aliphatic heterocycles. The number of aliphatic hydroxyl groups is 1. The smallest absolute Gasteiger partial charge is 0.0433 e. The molecule has 0 aromatic rings. The first kappa shape index (κ1) is 19.4. The zero-order valence-electron chi connectivity index (χ0n) is 13.7. The van der Waals surface area contributed by atoms with Crippen LogP contribution in [0.3, 0.4) is 0 Å². The molecular weight excluding hydrogens is 244 g/mol. The molecular formula is C19H36O. The fourth-order valence-electron chi connectivity index (χ4n) is 2.31. The first-order chi connectivity index (χ1) is 9.91. The van der Waals surface area contributed by atoms with Gasteiger partial charge in [0, 0.05) is 6.61 Å². The van der Waals surface area contributed by atoms with Crippen LogP contribution in [-0.2, 0) is 0 Å². The Balaban J connectivity index is 3.09. The second kappa shape index (κ2) is 18.4. The van der Waals surface area contributed by atoms with Crippen molar-refractivity contribution in [3.05, 3.63) is 24.3 Å². The molecule has 1 N–H and O–H groups in total. The van der Waals surface area contributed by atoms with E-state index in [2.05, 4.69) is 31.2 Å². The highest BCUT2D eigenvalue weighted by Gasteiger charge is 1.91. The van der Waals surface area contributed by atoms with Crippen LogP contribution in [0.25, 0.3) is 0 Å². The van der Waals surface area contributed by atoms with Crippen LogP contribution in [0.15, 0.2) is 24.3 Å². The Labute approximate surface area is 127 Å². The number of rotatable bonds is 15. The van der Waals surface area contributed by atoms with Gasteiger partial charge in [0.05, 0.1) is 0 Å². The van der Waals surface area contributed by atoms with Gasteiger partial charge in [-0.2, -0.15) is 0 Å². The molecule has 0 rings (SSSR count). The summed E-state index contributed by atoms with van der Waals surface area (Å²) in [5, 5.41) is 8.63. The summed E-state index contributed by atoms with van der Waals surface area (Å²) < 4.78 is 0. The van der Waals surface area contributed by atoms with Crippen LogP contribution in [0.5, 0.6) is 0 Å². The van der Waals surface area contributed by atoms with E-state index in [0.29, 0.717) is 6.61 Å². The van der Waals surface area contributed by atoms with Gasteiger partial charge in [-0.05, 0) is 25.7 Å².